The molecule has 0 bridgehead atoms. The van der Waals surface area contributed by atoms with Crippen LogP contribution in [0.25, 0.3) is 0 Å². The molecule has 0 saturated heterocycles. The SMILES string of the molecule is O=C(O)c1nn(C2CC2)nc1Cl. The largest absolute Gasteiger partial charge is 0.476 e. The summed E-state index contributed by atoms with van der Waals surface area (Å²) < 4.78 is 0. The lowest BCUT2D eigenvalue weighted by Crippen LogP contribution is -2.02. The minimum absolute atomic E-state index is 0.0330. The van der Waals surface area contributed by atoms with E-state index >= 15 is 0 Å². The van der Waals surface area contributed by atoms with Crippen LogP contribution in [0.1, 0.15) is 29.4 Å². The van der Waals surface area contributed by atoms with Crippen LogP contribution in [0, 0.1) is 0 Å². The molecule has 1 aromatic heterocycles. The molecule has 0 aliphatic heterocycles. The molecular formula is C6H6ClN3O2. The van der Waals surface area contributed by atoms with Gasteiger partial charge in [0.15, 0.2) is 5.15 Å². The van der Waals surface area contributed by atoms with Crippen molar-refractivity contribution < 1.29 is 9.90 Å². The molecule has 1 fully saturated rings. The van der Waals surface area contributed by atoms with Gasteiger partial charge in [-0.3, -0.25) is 0 Å². The number of carbonyl (C=O) groups is 1. The normalized spacial score (nSPS) is 16.4. The van der Waals surface area contributed by atoms with E-state index in [-0.39, 0.29) is 16.9 Å². The second-order valence-electron chi connectivity index (χ2n) is 2.70. The summed E-state index contributed by atoms with van der Waals surface area (Å²) in [7, 11) is 0. The summed E-state index contributed by atoms with van der Waals surface area (Å²) in [6, 6.07) is 0.260. The molecule has 0 spiro atoms. The highest BCUT2D eigenvalue weighted by molar-refractivity contribution is 6.31. The van der Waals surface area contributed by atoms with Crippen LogP contribution in [0.15, 0.2) is 0 Å². The van der Waals surface area contributed by atoms with Gasteiger partial charge in [0.05, 0.1) is 6.04 Å². The van der Waals surface area contributed by atoms with E-state index < -0.39 is 5.97 Å². The van der Waals surface area contributed by atoms with E-state index in [2.05, 4.69) is 10.2 Å². The van der Waals surface area contributed by atoms with Crippen molar-refractivity contribution in [2.45, 2.75) is 18.9 Å². The molecule has 1 aliphatic carbocycles. The predicted octanol–water partition coefficient (Wildman–Crippen LogP) is 0.965. The monoisotopic (exact) mass is 187 g/mol. The number of nitrogens with zero attached hydrogens (tertiary/aromatic N) is 3. The van der Waals surface area contributed by atoms with E-state index in [9.17, 15) is 4.79 Å². The zero-order chi connectivity index (χ0) is 8.72. The molecule has 12 heavy (non-hydrogen) atoms. The second-order valence-corrected chi connectivity index (χ2v) is 3.05. The van der Waals surface area contributed by atoms with Crippen LogP contribution in [0.4, 0.5) is 0 Å². The standard InChI is InChI=1S/C6H6ClN3O2/c7-5-4(6(11)12)8-10(9-5)3-1-2-3/h3H,1-2H2,(H,11,12). The Kier molecular flexibility index (Phi) is 1.54. The Morgan fingerprint density at radius 3 is 2.67 bits per heavy atom. The molecule has 0 amide bonds. The van der Waals surface area contributed by atoms with E-state index in [1.165, 1.54) is 4.80 Å². The van der Waals surface area contributed by atoms with Gasteiger partial charge in [-0.2, -0.15) is 4.80 Å². The number of aromatic nitrogens is 3. The van der Waals surface area contributed by atoms with Crippen LogP contribution in [0.2, 0.25) is 5.15 Å². The van der Waals surface area contributed by atoms with Crippen molar-refractivity contribution in [2.75, 3.05) is 0 Å². The van der Waals surface area contributed by atoms with Crippen molar-refractivity contribution in [2.24, 2.45) is 0 Å². The van der Waals surface area contributed by atoms with Crippen molar-refractivity contribution in [3.63, 3.8) is 0 Å². The lowest BCUT2D eigenvalue weighted by molar-refractivity contribution is 0.0689. The lowest BCUT2D eigenvalue weighted by atomic mass is 10.5. The average molecular weight is 188 g/mol. The molecule has 1 heterocycles. The maximum Gasteiger partial charge on any atom is 0.359 e. The molecule has 0 unspecified atom stereocenters. The van der Waals surface area contributed by atoms with Crippen LogP contribution in [0.5, 0.6) is 0 Å². The first-order valence-electron chi connectivity index (χ1n) is 3.54. The van der Waals surface area contributed by atoms with Gasteiger partial charge in [-0.15, -0.1) is 10.2 Å². The fourth-order valence-corrected chi connectivity index (χ4v) is 1.10. The Hall–Kier alpha value is -1.10. The summed E-state index contributed by atoms with van der Waals surface area (Å²) in [6.07, 6.45) is 2.01. The molecule has 2 rings (SSSR count). The van der Waals surface area contributed by atoms with E-state index in [1.54, 1.807) is 0 Å². The Morgan fingerprint density at radius 2 is 2.25 bits per heavy atom. The van der Waals surface area contributed by atoms with Crippen LogP contribution in [0.3, 0.4) is 0 Å². The van der Waals surface area contributed by atoms with E-state index in [0.29, 0.717) is 0 Å². The summed E-state index contributed by atoms with van der Waals surface area (Å²) in [5, 5.41) is 16.1. The zero-order valence-electron chi connectivity index (χ0n) is 6.07. The maximum absolute atomic E-state index is 10.5. The summed E-state index contributed by atoms with van der Waals surface area (Å²) in [5.41, 5.74) is -0.163. The molecular weight excluding hydrogens is 182 g/mol. The van der Waals surface area contributed by atoms with Crippen molar-refractivity contribution in [1.82, 2.24) is 15.0 Å². The third kappa shape index (κ3) is 1.16. The summed E-state index contributed by atoms with van der Waals surface area (Å²) in [6.45, 7) is 0. The third-order valence-electron chi connectivity index (χ3n) is 1.66. The highest BCUT2D eigenvalue weighted by Gasteiger charge is 2.28. The van der Waals surface area contributed by atoms with Crippen molar-refractivity contribution in [3.05, 3.63) is 10.8 Å². The number of hydrogen-bond donors (Lipinski definition) is 1. The molecule has 0 atom stereocenters. The molecule has 1 aromatic rings. The third-order valence-corrected chi connectivity index (χ3v) is 1.92. The second kappa shape index (κ2) is 2.45. The maximum atomic E-state index is 10.5. The van der Waals surface area contributed by atoms with Gasteiger partial charge in [0.1, 0.15) is 0 Å². The van der Waals surface area contributed by atoms with Crippen LogP contribution >= 0.6 is 11.6 Å². The number of carboxylic acids is 1. The molecule has 0 radical (unpaired) electrons. The van der Waals surface area contributed by atoms with E-state index in [1.807, 2.05) is 0 Å². The first-order chi connectivity index (χ1) is 5.68. The first-order valence-corrected chi connectivity index (χ1v) is 3.92. The Morgan fingerprint density at radius 1 is 1.58 bits per heavy atom. The smallest absolute Gasteiger partial charge is 0.359 e. The van der Waals surface area contributed by atoms with Crippen molar-refractivity contribution in [1.29, 1.82) is 0 Å². The molecule has 1 N–H and O–H groups in total. The zero-order valence-corrected chi connectivity index (χ0v) is 6.82. The first kappa shape index (κ1) is 7.54. The number of carboxylic acid groups (broad SMARTS) is 1. The van der Waals surface area contributed by atoms with Crippen LogP contribution in [-0.2, 0) is 0 Å². The van der Waals surface area contributed by atoms with E-state index in [4.69, 9.17) is 16.7 Å². The summed E-state index contributed by atoms with van der Waals surface area (Å²) in [5.74, 6) is -1.13. The topological polar surface area (TPSA) is 68.0 Å². The van der Waals surface area contributed by atoms with Gasteiger partial charge in [0.2, 0.25) is 5.69 Å². The predicted molar refractivity (Wildman–Crippen MR) is 40.3 cm³/mol. The average Bonchev–Trinajstić information content (AvgIpc) is 2.75. The quantitative estimate of drug-likeness (QED) is 0.749. The Labute approximate surface area is 72.9 Å². The Balaban J connectivity index is 2.36. The van der Waals surface area contributed by atoms with E-state index in [0.717, 1.165) is 12.8 Å². The van der Waals surface area contributed by atoms with Gasteiger partial charge in [-0.05, 0) is 12.8 Å². The van der Waals surface area contributed by atoms with Crippen molar-refractivity contribution in [3.8, 4) is 0 Å². The highest BCUT2D eigenvalue weighted by Crippen LogP contribution is 2.33. The summed E-state index contributed by atoms with van der Waals surface area (Å²) in [4.78, 5) is 11.9. The van der Waals surface area contributed by atoms with Gasteiger partial charge < -0.3 is 5.11 Å². The Bertz CT molecular complexity index is 332. The molecule has 1 saturated carbocycles. The number of rotatable bonds is 2. The van der Waals surface area contributed by atoms with Gasteiger partial charge in [-0.1, -0.05) is 11.6 Å². The molecule has 0 aromatic carbocycles. The van der Waals surface area contributed by atoms with Gasteiger partial charge >= 0.3 is 5.97 Å². The fourth-order valence-electron chi connectivity index (χ4n) is 0.903. The minimum atomic E-state index is -1.13. The van der Waals surface area contributed by atoms with Gasteiger partial charge in [-0.25, -0.2) is 4.79 Å². The van der Waals surface area contributed by atoms with Crippen molar-refractivity contribution >= 4 is 17.6 Å². The fraction of sp³-hybridized carbons (Fsp3) is 0.500. The van der Waals surface area contributed by atoms with Crippen LogP contribution < -0.4 is 0 Å². The highest BCUT2D eigenvalue weighted by atomic mass is 35.5. The molecule has 64 valence electrons. The molecule has 1 aliphatic rings. The number of hydrogen-bond acceptors (Lipinski definition) is 3. The van der Waals surface area contributed by atoms with Gasteiger partial charge in [0.25, 0.3) is 0 Å². The molecule has 6 heteroatoms. The lowest BCUT2D eigenvalue weighted by Gasteiger charge is -1.89. The molecule has 5 nitrogen and oxygen atoms in total. The summed E-state index contributed by atoms with van der Waals surface area (Å²) >= 11 is 5.54. The number of aromatic carboxylic acids is 1. The van der Waals surface area contributed by atoms with Gasteiger partial charge in [0, 0.05) is 0 Å². The van der Waals surface area contributed by atoms with Crippen LogP contribution in [-0.4, -0.2) is 26.1 Å². The number of halogens is 1. The minimum Gasteiger partial charge on any atom is -0.476 e.